The van der Waals surface area contributed by atoms with Crippen LogP contribution in [0.25, 0.3) is 10.8 Å². The van der Waals surface area contributed by atoms with Crippen molar-refractivity contribution >= 4 is 22.6 Å². The summed E-state index contributed by atoms with van der Waals surface area (Å²) in [4.78, 5) is 23.0. The molecule has 0 radical (unpaired) electrons. The van der Waals surface area contributed by atoms with E-state index in [0.717, 1.165) is 30.4 Å². The van der Waals surface area contributed by atoms with E-state index in [2.05, 4.69) is 10.1 Å². The van der Waals surface area contributed by atoms with Gasteiger partial charge in [0.05, 0.1) is 13.7 Å². The second kappa shape index (κ2) is 8.18. The lowest BCUT2D eigenvalue weighted by Crippen LogP contribution is -2.54. The summed E-state index contributed by atoms with van der Waals surface area (Å²) in [6, 6.07) is 11.4. The van der Waals surface area contributed by atoms with Gasteiger partial charge in [-0.1, -0.05) is 42.5 Å². The Kier molecular flexibility index (Phi) is 6.20. The number of halogens is 3. The van der Waals surface area contributed by atoms with Gasteiger partial charge in [0.2, 0.25) is 5.91 Å². The first-order chi connectivity index (χ1) is 12.3. The third-order valence-corrected chi connectivity index (χ3v) is 3.94. The first-order valence-electron chi connectivity index (χ1n) is 7.89. The average molecular weight is 368 g/mol. The highest BCUT2D eigenvalue weighted by molar-refractivity contribution is 5.86. The van der Waals surface area contributed by atoms with Crippen LogP contribution in [0.1, 0.15) is 12.5 Å². The molecular formula is C18H19F3N2O3. The Balaban J connectivity index is 2.07. The number of ether oxygens (including phenoxy) is 1. The summed E-state index contributed by atoms with van der Waals surface area (Å²) < 4.78 is 43.7. The summed E-state index contributed by atoms with van der Waals surface area (Å²) in [7, 11) is 0.969. The summed E-state index contributed by atoms with van der Waals surface area (Å²) in [6.07, 6.45) is -4.98. The molecule has 0 bridgehead atoms. The van der Waals surface area contributed by atoms with Crippen molar-refractivity contribution < 1.29 is 27.5 Å². The minimum absolute atomic E-state index is 0.214. The van der Waals surface area contributed by atoms with Crippen LogP contribution in [0.2, 0.25) is 0 Å². The van der Waals surface area contributed by atoms with Crippen LogP contribution in [0.3, 0.4) is 0 Å². The standard InChI is InChI=1S/C18H19F3N2O3/c1-12(17(25)26-2)23(18(19,20)21)16(24)11-22-10-14-8-5-7-13-6-3-4-9-15(13)14/h3-9,12,22H,10-11H2,1-2H3. The van der Waals surface area contributed by atoms with Gasteiger partial charge < -0.3 is 10.1 Å². The normalized spacial score (nSPS) is 12.7. The minimum Gasteiger partial charge on any atom is -0.467 e. The lowest BCUT2D eigenvalue weighted by atomic mass is 10.0. The molecule has 0 aromatic heterocycles. The van der Waals surface area contributed by atoms with Gasteiger partial charge >= 0.3 is 12.3 Å². The summed E-state index contributed by atoms with van der Waals surface area (Å²) in [5, 5.41) is 4.66. The number of amides is 1. The van der Waals surface area contributed by atoms with Crippen molar-refractivity contribution in [3.05, 3.63) is 48.0 Å². The smallest absolute Gasteiger partial charge is 0.467 e. The molecule has 2 aromatic rings. The van der Waals surface area contributed by atoms with Crippen LogP contribution < -0.4 is 5.32 Å². The van der Waals surface area contributed by atoms with E-state index in [4.69, 9.17) is 0 Å². The number of alkyl halides is 3. The highest BCUT2D eigenvalue weighted by atomic mass is 19.4. The number of nitrogens with zero attached hydrogens (tertiary/aromatic N) is 1. The summed E-state index contributed by atoms with van der Waals surface area (Å²) >= 11 is 0. The molecule has 0 saturated carbocycles. The SMILES string of the molecule is COC(=O)C(C)N(C(=O)CNCc1cccc2ccccc12)C(F)(F)F. The molecule has 0 fully saturated rings. The molecule has 1 N–H and O–H groups in total. The average Bonchev–Trinajstić information content (AvgIpc) is 2.60. The molecule has 1 amide bonds. The monoisotopic (exact) mass is 368 g/mol. The molecule has 5 nitrogen and oxygen atoms in total. The zero-order chi connectivity index (χ0) is 19.3. The van der Waals surface area contributed by atoms with Crippen LogP contribution in [0, 0.1) is 0 Å². The quantitative estimate of drug-likeness (QED) is 0.629. The van der Waals surface area contributed by atoms with Crippen molar-refractivity contribution in [2.24, 2.45) is 0 Å². The van der Waals surface area contributed by atoms with Crippen molar-refractivity contribution in [1.82, 2.24) is 10.2 Å². The van der Waals surface area contributed by atoms with Crippen molar-refractivity contribution in [1.29, 1.82) is 0 Å². The van der Waals surface area contributed by atoms with Gasteiger partial charge in [0, 0.05) is 6.54 Å². The van der Waals surface area contributed by atoms with Gasteiger partial charge in [-0.05, 0) is 23.3 Å². The van der Waals surface area contributed by atoms with E-state index in [1.54, 1.807) is 0 Å². The van der Waals surface area contributed by atoms with E-state index in [-0.39, 0.29) is 6.54 Å². The topological polar surface area (TPSA) is 58.6 Å². The molecule has 26 heavy (non-hydrogen) atoms. The molecule has 0 aliphatic heterocycles. The number of fused-ring (bicyclic) bond motifs is 1. The molecule has 0 aliphatic rings. The van der Waals surface area contributed by atoms with Crippen LogP contribution in [-0.4, -0.2) is 42.8 Å². The number of methoxy groups -OCH3 is 1. The number of hydrogen-bond donors (Lipinski definition) is 1. The van der Waals surface area contributed by atoms with E-state index in [1.165, 1.54) is 0 Å². The summed E-state index contributed by atoms with van der Waals surface area (Å²) in [5.74, 6) is -2.39. The van der Waals surface area contributed by atoms with Gasteiger partial charge in [0.15, 0.2) is 0 Å². The summed E-state index contributed by atoms with van der Waals surface area (Å²) in [5.41, 5.74) is 0.857. The van der Waals surface area contributed by atoms with E-state index >= 15 is 0 Å². The van der Waals surface area contributed by atoms with Gasteiger partial charge in [-0.15, -0.1) is 13.2 Å². The van der Waals surface area contributed by atoms with Crippen molar-refractivity contribution in [3.63, 3.8) is 0 Å². The maximum atomic E-state index is 13.1. The van der Waals surface area contributed by atoms with E-state index in [9.17, 15) is 22.8 Å². The molecule has 2 aromatic carbocycles. The second-order valence-electron chi connectivity index (χ2n) is 5.67. The number of nitrogens with one attached hydrogen (secondary N) is 1. The fourth-order valence-electron chi connectivity index (χ4n) is 2.69. The Bertz CT molecular complexity index is 787. The lowest BCUT2D eigenvalue weighted by molar-refractivity contribution is -0.251. The Morgan fingerprint density at radius 1 is 1.15 bits per heavy atom. The van der Waals surface area contributed by atoms with Crippen molar-refractivity contribution in [2.45, 2.75) is 25.8 Å². The maximum Gasteiger partial charge on any atom is 0.487 e. The largest absolute Gasteiger partial charge is 0.487 e. The molecule has 1 atom stereocenters. The third kappa shape index (κ3) is 4.51. The number of benzene rings is 2. The molecule has 0 spiro atoms. The molecular weight excluding hydrogens is 349 g/mol. The zero-order valence-electron chi connectivity index (χ0n) is 14.3. The second-order valence-corrected chi connectivity index (χ2v) is 5.67. The van der Waals surface area contributed by atoms with Gasteiger partial charge in [-0.2, -0.15) is 0 Å². The summed E-state index contributed by atoms with van der Waals surface area (Å²) in [6.45, 7) is 0.622. The maximum absolute atomic E-state index is 13.1. The number of esters is 1. The Morgan fingerprint density at radius 2 is 1.81 bits per heavy atom. The van der Waals surface area contributed by atoms with E-state index in [0.29, 0.717) is 0 Å². The highest BCUT2D eigenvalue weighted by Gasteiger charge is 2.46. The molecule has 0 aliphatic carbocycles. The first kappa shape index (κ1) is 19.7. The van der Waals surface area contributed by atoms with Crippen LogP contribution in [0.5, 0.6) is 0 Å². The Labute approximate surface area is 148 Å². The minimum atomic E-state index is -4.98. The van der Waals surface area contributed by atoms with E-state index in [1.807, 2.05) is 42.5 Å². The van der Waals surface area contributed by atoms with Gasteiger partial charge in [0.1, 0.15) is 6.04 Å². The van der Waals surface area contributed by atoms with Crippen molar-refractivity contribution in [2.75, 3.05) is 13.7 Å². The van der Waals surface area contributed by atoms with E-state index < -0.39 is 35.7 Å². The molecule has 8 heteroatoms. The number of carbonyl (C=O) groups is 2. The fourth-order valence-corrected chi connectivity index (χ4v) is 2.69. The van der Waals surface area contributed by atoms with Crippen LogP contribution in [0.4, 0.5) is 13.2 Å². The lowest BCUT2D eigenvalue weighted by Gasteiger charge is -2.29. The molecule has 1 unspecified atom stereocenters. The Morgan fingerprint density at radius 3 is 2.46 bits per heavy atom. The van der Waals surface area contributed by atoms with Gasteiger partial charge in [-0.3, -0.25) is 4.79 Å². The molecule has 0 saturated heterocycles. The highest BCUT2D eigenvalue weighted by Crippen LogP contribution is 2.24. The number of hydrogen-bond acceptors (Lipinski definition) is 4. The fraction of sp³-hybridized carbons (Fsp3) is 0.333. The number of carbonyl (C=O) groups excluding carboxylic acids is 2. The van der Waals surface area contributed by atoms with Crippen LogP contribution >= 0.6 is 0 Å². The molecule has 2 rings (SSSR count). The van der Waals surface area contributed by atoms with Crippen LogP contribution in [0.15, 0.2) is 42.5 Å². The zero-order valence-corrected chi connectivity index (χ0v) is 14.3. The molecule has 0 heterocycles. The third-order valence-electron chi connectivity index (χ3n) is 3.94. The van der Waals surface area contributed by atoms with Gasteiger partial charge in [-0.25, -0.2) is 9.69 Å². The first-order valence-corrected chi connectivity index (χ1v) is 7.89. The van der Waals surface area contributed by atoms with Crippen molar-refractivity contribution in [3.8, 4) is 0 Å². The predicted octanol–water partition coefficient (Wildman–Crippen LogP) is 2.84. The number of rotatable bonds is 6. The van der Waals surface area contributed by atoms with Gasteiger partial charge in [0.25, 0.3) is 0 Å². The van der Waals surface area contributed by atoms with Crippen LogP contribution in [-0.2, 0) is 20.9 Å². The molecule has 140 valence electrons. The Hall–Kier alpha value is -2.61. The predicted molar refractivity (Wildman–Crippen MR) is 90.0 cm³/mol.